The molecule has 28 heavy (non-hydrogen) atoms. The van der Waals surface area contributed by atoms with Crippen molar-refractivity contribution in [1.29, 1.82) is 0 Å². The van der Waals surface area contributed by atoms with E-state index in [0.717, 1.165) is 48.8 Å². The lowest BCUT2D eigenvalue weighted by Gasteiger charge is -2.31. The number of piperidine rings is 1. The second kappa shape index (κ2) is 7.92. The zero-order valence-electron chi connectivity index (χ0n) is 15.8. The zero-order valence-corrected chi connectivity index (χ0v) is 17.5. The Kier molecular flexibility index (Phi) is 5.52. The monoisotopic (exact) mass is 424 g/mol. The highest BCUT2D eigenvalue weighted by Crippen LogP contribution is 2.33. The number of carbonyl (C=O) groups is 1. The van der Waals surface area contributed by atoms with Crippen LogP contribution in [0.5, 0.6) is 0 Å². The number of thiophene rings is 1. The summed E-state index contributed by atoms with van der Waals surface area (Å²) < 4.78 is 34.5. The third-order valence-electron chi connectivity index (χ3n) is 5.57. The molecule has 0 unspecified atom stereocenters. The summed E-state index contributed by atoms with van der Waals surface area (Å²) in [6, 6.07) is 1.48. The van der Waals surface area contributed by atoms with Crippen LogP contribution in [-0.4, -0.2) is 53.7 Å². The van der Waals surface area contributed by atoms with Crippen molar-refractivity contribution in [3.63, 3.8) is 0 Å². The molecule has 0 aromatic carbocycles. The van der Waals surface area contributed by atoms with Crippen LogP contribution < -0.4 is 0 Å². The summed E-state index contributed by atoms with van der Waals surface area (Å²) in [6.07, 6.45) is 5.87. The maximum absolute atomic E-state index is 13.1. The molecule has 8 nitrogen and oxygen atoms in total. The van der Waals surface area contributed by atoms with Crippen molar-refractivity contribution >= 4 is 27.3 Å². The van der Waals surface area contributed by atoms with Gasteiger partial charge in [0.1, 0.15) is 21.4 Å². The van der Waals surface area contributed by atoms with E-state index in [1.54, 1.807) is 5.38 Å². The van der Waals surface area contributed by atoms with Gasteiger partial charge in [0.05, 0.1) is 7.11 Å². The van der Waals surface area contributed by atoms with E-state index in [1.165, 1.54) is 23.9 Å². The Morgan fingerprint density at radius 3 is 2.71 bits per heavy atom. The van der Waals surface area contributed by atoms with E-state index in [4.69, 9.17) is 4.74 Å². The van der Waals surface area contributed by atoms with Gasteiger partial charge >= 0.3 is 5.97 Å². The average molecular weight is 425 g/mol. The van der Waals surface area contributed by atoms with E-state index in [2.05, 4.69) is 14.8 Å². The zero-order chi connectivity index (χ0) is 19.7. The molecule has 0 amide bonds. The standard InChI is InChI=1S/C18H24N4O4S2/c1-26-18(23)16-14(8-12-27-16)28(24,25)21-10-6-13(7-11-21)17-20-19-15-5-3-2-4-9-22(15)17/h8,12-13H,2-7,9-11H2,1H3. The second-order valence-corrected chi connectivity index (χ2v) is 10.0. The predicted octanol–water partition coefficient (Wildman–Crippen LogP) is 2.42. The number of fused-ring (bicyclic) bond motifs is 1. The first-order valence-corrected chi connectivity index (χ1v) is 11.9. The molecule has 0 bridgehead atoms. The van der Waals surface area contributed by atoms with Gasteiger partial charge in [-0.05, 0) is 37.1 Å². The molecular formula is C18H24N4O4S2. The summed E-state index contributed by atoms with van der Waals surface area (Å²) in [5.41, 5.74) is 0. The lowest BCUT2D eigenvalue weighted by atomic mass is 9.97. The maximum atomic E-state index is 13.1. The molecular weight excluding hydrogens is 400 g/mol. The van der Waals surface area contributed by atoms with Gasteiger partial charge in [-0.15, -0.1) is 21.5 Å². The van der Waals surface area contributed by atoms with E-state index < -0.39 is 16.0 Å². The van der Waals surface area contributed by atoms with Gasteiger partial charge in [0, 0.05) is 32.0 Å². The van der Waals surface area contributed by atoms with Crippen LogP contribution in [0.4, 0.5) is 0 Å². The van der Waals surface area contributed by atoms with Crippen LogP contribution in [0.1, 0.15) is 59.3 Å². The summed E-state index contributed by atoms with van der Waals surface area (Å²) in [7, 11) is -2.46. The van der Waals surface area contributed by atoms with Crippen LogP contribution in [0.2, 0.25) is 0 Å². The largest absolute Gasteiger partial charge is 0.465 e. The number of aromatic nitrogens is 3. The quantitative estimate of drug-likeness (QED) is 0.700. The molecule has 0 radical (unpaired) electrons. The second-order valence-electron chi connectivity index (χ2n) is 7.22. The summed E-state index contributed by atoms with van der Waals surface area (Å²) in [6.45, 7) is 1.77. The Hall–Kier alpha value is -1.78. The lowest BCUT2D eigenvalue weighted by molar-refractivity contribution is 0.0602. The van der Waals surface area contributed by atoms with Crippen molar-refractivity contribution in [3.8, 4) is 0 Å². The van der Waals surface area contributed by atoms with Crippen LogP contribution >= 0.6 is 11.3 Å². The maximum Gasteiger partial charge on any atom is 0.349 e. The highest BCUT2D eigenvalue weighted by Gasteiger charge is 2.35. The number of sulfonamides is 1. The Morgan fingerprint density at radius 2 is 1.96 bits per heavy atom. The average Bonchev–Trinajstić information content (AvgIpc) is 3.30. The molecule has 0 N–H and O–H groups in total. The highest BCUT2D eigenvalue weighted by molar-refractivity contribution is 7.89. The number of hydrogen-bond acceptors (Lipinski definition) is 7. The number of carbonyl (C=O) groups excluding carboxylic acids is 1. The van der Waals surface area contributed by atoms with Crippen LogP contribution in [0.25, 0.3) is 0 Å². The molecule has 10 heteroatoms. The molecule has 4 heterocycles. The Labute approximate surface area is 168 Å². The van der Waals surface area contributed by atoms with Crippen molar-refractivity contribution < 1.29 is 17.9 Å². The molecule has 2 aromatic rings. The van der Waals surface area contributed by atoms with Crippen molar-refractivity contribution in [3.05, 3.63) is 28.0 Å². The number of hydrogen-bond donors (Lipinski definition) is 0. The summed E-state index contributed by atoms with van der Waals surface area (Å²) in [5, 5.41) is 10.4. The number of nitrogens with zero attached hydrogens (tertiary/aromatic N) is 4. The first-order valence-electron chi connectivity index (χ1n) is 9.60. The first-order chi connectivity index (χ1) is 13.5. The van der Waals surface area contributed by atoms with Crippen LogP contribution in [-0.2, 0) is 27.7 Å². The topological polar surface area (TPSA) is 94.4 Å². The number of aryl methyl sites for hydroxylation is 1. The summed E-state index contributed by atoms with van der Waals surface area (Å²) in [5.74, 6) is 1.66. The fraction of sp³-hybridized carbons (Fsp3) is 0.611. The highest BCUT2D eigenvalue weighted by atomic mass is 32.2. The number of ether oxygens (including phenoxy) is 1. The molecule has 1 fully saturated rings. The minimum atomic E-state index is -3.72. The van der Waals surface area contributed by atoms with Crippen LogP contribution in [0, 0.1) is 0 Å². The molecule has 4 rings (SSSR count). The fourth-order valence-electron chi connectivity index (χ4n) is 4.05. The van der Waals surface area contributed by atoms with Crippen molar-refractivity contribution in [2.24, 2.45) is 0 Å². The number of rotatable bonds is 4. The SMILES string of the molecule is COC(=O)c1sccc1S(=O)(=O)N1CCC(c2nnc3n2CCCCC3)CC1. The minimum Gasteiger partial charge on any atom is -0.465 e. The Balaban J connectivity index is 1.50. The molecule has 152 valence electrons. The van der Waals surface area contributed by atoms with Gasteiger partial charge in [0.15, 0.2) is 0 Å². The van der Waals surface area contributed by atoms with Crippen molar-refractivity contribution in [2.75, 3.05) is 20.2 Å². The molecule has 2 aromatic heterocycles. The summed E-state index contributed by atoms with van der Waals surface area (Å²) >= 11 is 1.09. The van der Waals surface area contributed by atoms with Gasteiger partial charge in [-0.1, -0.05) is 6.42 Å². The first kappa shape index (κ1) is 19.5. The van der Waals surface area contributed by atoms with Gasteiger partial charge in [-0.3, -0.25) is 0 Å². The van der Waals surface area contributed by atoms with Gasteiger partial charge in [0.2, 0.25) is 10.0 Å². The molecule has 0 aliphatic carbocycles. The van der Waals surface area contributed by atoms with E-state index in [1.807, 2.05) is 0 Å². The van der Waals surface area contributed by atoms with E-state index in [-0.39, 0.29) is 15.7 Å². The molecule has 0 atom stereocenters. The van der Waals surface area contributed by atoms with Crippen molar-refractivity contribution in [2.45, 2.75) is 55.9 Å². The molecule has 2 aliphatic rings. The predicted molar refractivity (Wildman–Crippen MR) is 104 cm³/mol. The number of esters is 1. The normalized spacial score (nSPS) is 19.2. The molecule has 0 saturated carbocycles. The van der Waals surface area contributed by atoms with Gasteiger partial charge in [-0.2, -0.15) is 4.31 Å². The third kappa shape index (κ3) is 3.48. The minimum absolute atomic E-state index is 0.0409. The van der Waals surface area contributed by atoms with Gasteiger partial charge in [0.25, 0.3) is 0 Å². The lowest BCUT2D eigenvalue weighted by Crippen LogP contribution is -2.38. The van der Waals surface area contributed by atoms with Crippen LogP contribution in [0.15, 0.2) is 16.3 Å². The Morgan fingerprint density at radius 1 is 1.18 bits per heavy atom. The van der Waals surface area contributed by atoms with Gasteiger partial charge in [-0.25, -0.2) is 13.2 Å². The van der Waals surface area contributed by atoms with Crippen molar-refractivity contribution in [1.82, 2.24) is 19.1 Å². The van der Waals surface area contributed by atoms with Gasteiger partial charge < -0.3 is 9.30 Å². The number of methoxy groups -OCH3 is 1. The van der Waals surface area contributed by atoms with E-state index >= 15 is 0 Å². The van der Waals surface area contributed by atoms with E-state index in [0.29, 0.717) is 25.9 Å². The summed E-state index contributed by atoms with van der Waals surface area (Å²) in [4.78, 5) is 12.1. The Bertz CT molecular complexity index is 958. The smallest absolute Gasteiger partial charge is 0.349 e. The van der Waals surface area contributed by atoms with E-state index in [9.17, 15) is 13.2 Å². The molecule has 2 aliphatic heterocycles. The molecule has 1 saturated heterocycles. The fourth-order valence-corrected chi connectivity index (χ4v) is 6.82. The van der Waals surface area contributed by atoms with Crippen LogP contribution in [0.3, 0.4) is 0 Å². The molecule has 0 spiro atoms. The third-order valence-corrected chi connectivity index (χ3v) is 8.54.